The summed E-state index contributed by atoms with van der Waals surface area (Å²) in [5.74, 6) is -1.21. The van der Waals surface area contributed by atoms with Gasteiger partial charge in [-0.25, -0.2) is 12.8 Å². The van der Waals surface area contributed by atoms with Crippen molar-refractivity contribution in [2.24, 2.45) is 0 Å². The lowest BCUT2D eigenvalue weighted by molar-refractivity contribution is 0.104. The highest BCUT2D eigenvalue weighted by molar-refractivity contribution is 7.96. The van der Waals surface area contributed by atoms with Gasteiger partial charge in [0.25, 0.3) is 0 Å². The molecule has 0 fully saturated rings. The number of ketones is 1. The Hall–Kier alpha value is -2.96. The minimum Gasteiger partial charge on any atom is -0.314 e. The molecule has 0 saturated carbocycles. The van der Waals surface area contributed by atoms with Gasteiger partial charge in [-0.3, -0.25) is 4.79 Å². The number of rotatable bonds is 3. The predicted molar refractivity (Wildman–Crippen MR) is 106 cm³/mol. The minimum atomic E-state index is -4.12. The normalized spacial score (nSPS) is 14.9. The van der Waals surface area contributed by atoms with Crippen molar-refractivity contribution in [3.8, 4) is 0 Å². The highest BCUT2D eigenvalue weighted by Gasteiger charge is 2.36. The van der Waals surface area contributed by atoms with E-state index >= 15 is 0 Å². The standard InChI is InChI=1S/C21H13ClFNO3S/c22-15-6-9-17(10-7-15)24-13-20(21(25)14-4-2-1-3-5-14)28(26,27)19-11-8-16(23)12-18(19)24/h1-13H. The van der Waals surface area contributed by atoms with Crippen LogP contribution in [0.5, 0.6) is 0 Å². The van der Waals surface area contributed by atoms with Crippen LogP contribution in [0.2, 0.25) is 5.02 Å². The molecule has 0 aliphatic carbocycles. The number of nitrogens with zero attached hydrogens (tertiary/aromatic N) is 1. The quantitative estimate of drug-likeness (QED) is 0.441. The lowest BCUT2D eigenvalue weighted by Crippen LogP contribution is -2.26. The average Bonchev–Trinajstić information content (AvgIpc) is 2.69. The van der Waals surface area contributed by atoms with Crippen LogP contribution in [0.4, 0.5) is 15.8 Å². The Morgan fingerprint density at radius 1 is 0.929 bits per heavy atom. The molecule has 0 unspecified atom stereocenters. The summed E-state index contributed by atoms with van der Waals surface area (Å²) < 4.78 is 40.1. The molecule has 4 rings (SSSR count). The first-order valence-electron chi connectivity index (χ1n) is 8.29. The van der Waals surface area contributed by atoms with Crippen LogP contribution in [-0.4, -0.2) is 14.2 Å². The van der Waals surface area contributed by atoms with E-state index in [1.807, 2.05) is 0 Å². The molecule has 1 aliphatic heterocycles. The Morgan fingerprint density at radius 2 is 1.61 bits per heavy atom. The summed E-state index contributed by atoms with van der Waals surface area (Å²) in [6.07, 6.45) is 1.23. The Morgan fingerprint density at radius 3 is 2.29 bits per heavy atom. The van der Waals surface area contributed by atoms with Crippen molar-refractivity contribution < 1.29 is 17.6 Å². The van der Waals surface area contributed by atoms with Crippen molar-refractivity contribution in [3.05, 3.63) is 100 Å². The molecule has 0 N–H and O–H groups in total. The molecule has 0 atom stereocenters. The molecular formula is C21H13ClFNO3S. The first-order chi connectivity index (χ1) is 13.4. The zero-order valence-electron chi connectivity index (χ0n) is 14.3. The Labute approximate surface area is 166 Å². The number of allylic oxidation sites excluding steroid dienone is 1. The topological polar surface area (TPSA) is 54.5 Å². The van der Waals surface area contributed by atoms with Crippen LogP contribution in [0.3, 0.4) is 0 Å². The van der Waals surface area contributed by atoms with Crippen LogP contribution in [-0.2, 0) is 9.84 Å². The maximum absolute atomic E-state index is 13.9. The van der Waals surface area contributed by atoms with Gasteiger partial charge in [-0.15, -0.1) is 0 Å². The third kappa shape index (κ3) is 3.10. The van der Waals surface area contributed by atoms with Crippen molar-refractivity contribution >= 4 is 38.6 Å². The van der Waals surface area contributed by atoms with Crippen molar-refractivity contribution in [1.82, 2.24) is 0 Å². The summed E-state index contributed by atoms with van der Waals surface area (Å²) in [7, 11) is -4.12. The zero-order valence-corrected chi connectivity index (χ0v) is 15.9. The van der Waals surface area contributed by atoms with E-state index in [1.165, 1.54) is 17.2 Å². The molecule has 140 valence electrons. The van der Waals surface area contributed by atoms with E-state index in [9.17, 15) is 17.6 Å². The molecule has 0 saturated heterocycles. The van der Waals surface area contributed by atoms with Crippen molar-refractivity contribution in [2.45, 2.75) is 4.90 Å². The van der Waals surface area contributed by atoms with Gasteiger partial charge in [0.1, 0.15) is 10.7 Å². The fraction of sp³-hybridized carbons (Fsp3) is 0. The summed E-state index contributed by atoms with van der Waals surface area (Å²) in [4.78, 5) is 13.9. The number of carbonyl (C=O) groups excluding carboxylic acids is 1. The summed E-state index contributed by atoms with van der Waals surface area (Å²) in [6, 6.07) is 18.1. The molecular weight excluding hydrogens is 401 g/mol. The summed E-state index contributed by atoms with van der Waals surface area (Å²) in [5.41, 5.74) is 0.926. The number of hydrogen-bond acceptors (Lipinski definition) is 4. The smallest absolute Gasteiger partial charge is 0.214 e. The third-order valence-corrected chi connectivity index (χ3v) is 6.42. The van der Waals surface area contributed by atoms with E-state index < -0.39 is 21.4 Å². The monoisotopic (exact) mass is 413 g/mol. The molecule has 3 aromatic rings. The van der Waals surface area contributed by atoms with Gasteiger partial charge in [0.15, 0.2) is 0 Å². The van der Waals surface area contributed by atoms with Crippen LogP contribution in [0.15, 0.2) is 88.8 Å². The number of halogens is 2. The van der Waals surface area contributed by atoms with Crippen LogP contribution in [0, 0.1) is 5.82 Å². The number of sulfone groups is 1. The Balaban J connectivity index is 1.95. The zero-order chi connectivity index (χ0) is 19.9. The van der Waals surface area contributed by atoms with E-state index in [0.717, 1.165) is 12.1 Å². The third-order valence-electron chi connectivity index (χ3n) is 4.37. The van der Waals surface area contributed by atoms with Gasteiger partial charge in [0.2, 0.25) is 15.6 Å². The average molecular weight is 414 g/mol. The van der Waals surface area contributed by atoms with Crippen LogP contribution >= 0.6 is 11.6 Å². The van der Waals surface area contributed by atoms with E-state index in [-0.39, 0.29) is 21.1 Å². The summed E-state index contributed by atoms with van der Waals surface area (Å²) in [5, 5.41) is 0.498. The SMILES string of the molecule is O=C(C1=CN(c2ccc(Cl)cc2)c2cc(F)ccc2S1(=O)=O)c1ccccc1. The molecule has 0 bridgehead atoms. The van der Waals surface area contributed by atoms with E-state index in [4.69, 9.17) is 11.6 Å². The number of benzene rings is 3. The maximum atomic E-state index is 13.9. The van der Waals surface area contributed by atoms with Gasteiger partial charge in [0, 0.05) is 22.5 Å². The van der Waals surface area contributed by atoms with Crippen LogP contribution in [0.1, 0.15) is 10.4 Å². The van der Waals surface area contributed by atoms with Gasteiger partial charge < -0.3 is 4.90 Å². The van der Waals surface area contributed by atoms with Crippen molar-refractivity contribution in [2.75, 3.05) is 4.90 Å². The number of anilines is 2. The largest absolute Gasteiger partial charge is 0.314 e. The molecule has 1 aliphatic rings. The number of Topliss-reactive ketones (excluding diaryl/α,β-unsaturated/α-hetero) is 1. The fourth-order valence-electron chi connectivity index (χ4n) is 3.01. The molecule has 28 heavy (non-hydrogen) atoms. The lowest BCUT2D eigenvalue weighted by Gasteiger charge is -2.29. The Bertz CT molecular complexity index is 1210. The minimum absolute atomic E-state index is 0.131. The maximum Gasteiger partial charge on any atom is 0.214 e. The van der Waals surface area contributed by atoms with E-state index in [1.54, 1.807) is 54.6 Å². The van der Waals surface area contributed by atoms with Crippen LogP contribution < -0.4 is 4.90 Å². The van der Waals surface area contributed by atoms with Crippen molar-refractivity contribution in [1.29, 1.82) is 0 Å². The summed E-state index contributed by atoms with van der Waals surface area (Å²) >= 11 is 5.94. The molecule has 1 heterocycles. The molecule has 0 spiro atoms. The molecule has 7 heteroatoms. The van der Waals surface area contributed by atoms with E-state index in [2.05, 4.69) is 0 Å². The number of hydrogen-bond donors (Lipinski definition) is 0. The second kappa shape index (κ2) is 6.89. The van der Waals surface area contributed by atoms with Gasteiger partial charge in [-0.05, 0) is 42.5 Å². The predicted octanol–water partition coefficient (Wildman–Crippen LogP) is 5.13. The first-order valence-corrected chi connectivity index (χ1v) is 10.1. The fourth-order valence-corrected chi connectivity index (χ4v) is 4.66. The number of carbonyl (C=O) groups is 1. The molecule has 4 nitrogen and oxygen atoms in total. The molecule has 3 aromatic carbocycles. The highest BCUT2D eigenvalue weighted by atomic mass is 35.5. The summed E-state index contributed by atoms with van der Waals surface area (Å²) in [6.45, 7) is 0. The Kier molecular flexibility index (Phi) is 4.53. The second-order valence-corrected chi connectivity index (χ2v) is 8.47. The van der Waals surface area contributed by atoms with Crippen LogP contribution in [0.25, 0.3) is 0 Å². The van der Waals surface area contributed by atoms with Gasteiger partial charge in [0.05, 0.1) is 10.6 Å². The van der Waals surface area contributed by atoms with Gasteiger partial charge in [-0.2, -0.15) is 0 Å². The molecule has 0 amide bonds. The van der Waals surface area contributed by atoms with E-state index in [0.29, 0.717) is 10.7 Å². The van der Waals surface area contributed by atoms with Gasteiger partial charge in [-0.1, -0.05) is 41.9 Å². The molecule has 0 aromatic heterocycles. The highest BCUT2D eigenvalue weighted by Crippen LogP contribution is 2.40. The first kappa shape index (κ1) is 18.4. The van der Waals surface area contributed by atoms with Crippen molar-refractivity contribution in [3.63, 3.8) is 0 Å². The second-order valence-electron chi connectivity index (χ2n) is 6.15. The van der Waals surface area contributed by atoms with Gasteiger partial charge >= 0.3 is 0 Å². The lowest BCUT2D eigenvalue weighted by atomic mass is 10.1. The number of fused-ring (bicyclic) bond motifs is 1. The molecule has 0 radical (unpaired) electrons.